The molecular weight excluding hydrogens is 391 g/mol. The van der Waals surface area contributed by atoms with Crippen molar-refractivity contribution >= 4 is 22.6 Å². The zero-order chi connectivity index (χ0) is 21.8. The summed E-state index contributed by atoms with van der Waals surface area (Å²) in [5.41, 5.74) is 5.72. The van der Waals surface area contributed by atoms with Gasteiger partial charge in [-0.1, -0.05) is 0 Å². The number of halogens is 1. The van der Waals surface area contributed by atoms with Crippen LogP contribution in [0.15, 0.2) is 24.4 Å². The normalized spacial score (nSPS) is 18.8. The molecule has 0 bridgehead atoms. The van der Waals surface area contributed by atoms with Crippen LogP contribution in [0.25, 0.3) is 10.8 Å². The minimum Gasteiger partial charge on any atom is -0.490 e. The largest absolute Gasteiger partial charge is 0.490 e. The molecule has 9 heteroatoms. The first-order valence-electron chi connectivity index (χ1n) is 9.64. The molecule has 2 amide bonds. The van der Waals surface area contributed by atoms with Crippen LogP contribution < -0.4 is 15.2 Å². The van der Waals surface area contributed by atoms with Gasteiger partial charge in [-0.3, -0.25) is 9.59 Å². The Morgan fingerprint density at radius 2 is 2.20 bits per heavy atom. The van der Waals surface area contributed by atoms with Gasteiger partial charge in [0.05, 0.1) is 24.3 Å². The van der Waals surface area contributed by atoms with Gasteiger partial charge in [0.25, 0.3) is 5.91 Å². The van der Waals surface area contributed by atoms with Crippen LogP contribution >= 0.6 is 0 Å². The number of benzene rings is 1. The number of nitrogens with two attached hydrogens (primary N) is 1. The van der Waals surface area contributed by atoms with E-state index in [4.69, 9.17) is 20.5 Å². The maximum atomic E-state index is 14.7. The number of hydrogen-bond donors (Lipinski definition) is 1. The average molecular weight is 414 g/mol. The van der Waals surface area contributed by atoms with E-state index in [1.54, 1.807) is 24.3 Å². The lowest BCUT2D eigenvalue weighted by atomic mass is 10.0. The lowest BCUT2D eigenvalue weighted by Gasteiger charge is -2.34. The van der Waals surface area contributed by atoms with E-state index in [-0.39, 0.29) is 36.9 Å². The summed E-state index contributed by atoms with van der Waals surface area (Å²) < 4.78 is 26.3. The number of fused-ring (bicyclic) bond motifs is 1. The number of ether oxygens (including phenoxy) is 2. The Balaban J connectivity index is 1.87. The van der Waals surface area contributed by atoms with Gasteiger partial charge in [-0.15, -0.1) is 0 Å². The Morgan fingerprint density at radius 1 is 1.43 bits per heavy atom. The molecule has 0 unspecified atom stereocenters. The summed E-state index contributed by atoms with van der Waals surface area (Å²) in [7, 11) is 0. The number of primary amides is 1. The molecule has 0 saturated carbocycles. The van der Waals surface area contributed by atoms with Crippen LogP contribution in [-0.2, 0) is 4.79 Å². The van der Waals surface area contributed by atoms with Gasteiger partial charge < -0.3 is 20.1 Å². The van der Waals surface area contributed by atoms with Crippen molar-refractivity contribution in [1.29, 1.82) is 5.26 Å². The fraction of sp³-hybridized carbons (Fsp3) is 0.429. The van der Waals surface area contributed by atoms with E-state index in [1.807, 2.05) is 13.8 Å². The van der Waals surface area contributed by atoms with E-state index < -0.39 is 24.1 Å². The Hall–Kier alpha value is -3.41. The van der Waals surface area contributed by atoms with E-state index in [0.29, 0.717) is 23.1 Å². The van der Waals surface area contributed by atoms with Crippen LogP contribution in [0, 0.1) is 11.3 Å². The number of nitrogens with zero attached hydrogens (tertiary/aromatic N) is 3. The molecule has 0 spiro atoms. The van der Waals surface area contributed by atoms with E-state index in [2.05, 4.69) is 4.98 Å². The van der Waals surface area contributed by atoms with Gasteiger partial charge in [0.2, 0.25) is 11.8 Å². The SMILES string of the molecule is CC(C)Oc1cc2c(O[C@H]3CCN(C(=O)CC#N)C[C@H]3F)nccc2cc1C(N)=O. The molecule has 3 rings (SSSR count). The zero-order valence-electron chi connectivity index (χ0n) is 16.8. The molecule has 1 saturated heterocycles. The Kier molecular flexibility index (Phi) is 6.35. The first-order valence-corrected chi connectivity index (χ1v) is 9.64. The number of pyridine rings is 1. The van der Waals surface area contributed by atoms with Crippen LogP contribution in [0.4, 0.5) is 4.39 Å². The highest BCUT2D eigenvalue weighted by molar-refractivity contribution is 6.01. The average Bonchev–Trinajstić information content (AvgIpc) is 2.69. The summed E-state index contributed by atoms with van der Waals surface area (Å²) in [4.78, 5) is 29.2. The fourth-order valence-electron chi connectivity index (χ4n) is 3.38. The molecular formula is C21H23FN4O4. The van der Waals surface area contributed by atoms with Crippen LogP contribution in [-0.4, -0.2) is 53.2 Å². The Bertz CT molecular complexity index is 1000. The number of rotatable bonds is 6. The minimum absolute atomic E-state index is 0.135. The first kappa shape index (κ1) is 21.3. The molecule has 2 aromatic rings. The number of piperidine rings is 1. The van der Waals surface area contributed by atoms with Gasteiger partial charge in [-0.05, 0) is 37.4 Å². The minimum atomic E-state index is -1.42. The lowest BCUT2D eigenvalue weighted by molar-refractivity contribution is -0.134. The van der Waals surface area contributed by atoms with Crippen LogP contribution in [0.1, 0.15) is 37.0 Å². The number of carbonyl (C=O) groups excluding carboxylic acids is 2. The third kappa shape index (κ3) is 4.59. The van der Waals surface area contributed by atoms with Crippen molar-refractivity contribution in [2.24, 2.45) is 5.73 Å². The molecule has 2 atom stereocenters. The third-order valence-electron chi connectivity index (χ3n) is 4.78. The monoisotopic (exact) mass is 414 g/mol. The van der Waals surface area contributed by atoms with Crippen molar-refractivity contribution < 1.29 is 23.5 Å². The van der Waals surface area contributed by atoms with Crippen molar-refractivity contribution in [3.63, 3.8) is 0 Å². The highest BCUT2D eigenvalue weighted by Gasteiger charge is 2.33. The zero-order valence-corrected chi connectivity index (χ0v) is 16.8. The lowest BCUT2D eigenvalue weighted by Crippen LogP contribution is -2.49. The molecule has 1 aliphatic rings. The van der Waals surface area contributed by atoms with Crippen molar-refractivity contribution in [3.8, 4) is 17.7 Å². The molecule has 158 valence electrons. The molecule has 0 aliphatic carbocycles. The summed E-state index contributed by atoms with van der Waals surface area (Å²) >= 11 is 0. The summed E-state index contributed by atoms with van der Waals surface area (Å²) in [6.07, 6.45) is -0.902. The number of alkyl halides is 1. The quantitative estimate of drug-likeness (QED) is 0.775. The highest BCUT2D eigenvalue weighted by atomic mass is 19.1. The van der Waals surface area contributed by atoms with E-state index in [9.17, 15) is 14.0 Å². The standard InChI is InChI=1S/C21H23FN4O4/c1-12(2)29-18-10-14-13(9-15(18)20(24)28)4-7-25-21(14)30-17-5-8-26(11-16(17)22)19(27)3-6-23/h4,7,9-10,12,16-17H,3,5,8,11H2,1-2H3,(H2,24,28)/t16-,17+/m1/s1. The topological polar surface area (TPSA) is 119 Å². The number of carbonyl (C=O) groups is 2. The summed E-state index contributed by atoms with van der Waals surface area (Å²) in [6.45, 7) is 3.81. The molecule has 1 fully saturated rings. The van der Waals surface area contributed by atoms with Gasteiger partial charge >= 0.3 is 0 Å². The van der Waals surface area contributed by atoms with Crippen molar-refractivity contribution in [1.82, 2.24) is 9.88 Å². The molecule has 1 aromatic heterocycles. The predicted molar refractivity (Wildman–Crippen MR) is 107 cm³/mol. The number of aromatic nitrogens is 1. The van der Waals surface area contributed by atoms with Gasteiger partial charge in [0, 0.05) is 24.5 Å². The number of likely N-dealkylation sites (tertiary alicyclic amines) is 1. The van der Waals surface area contributed by atoms with Crippen molar-refractivity contribution in [3.05, 3.63) is 30.0 Å². The predicted octanol–water partition coefficient (Wildman–Crippen LogP) is 2.35. The second-order valence-corrected chi connectivity index (χ2v) is 7.35. The van der Waals surface area contributed by atoms with Crippen LogP contribution in [0.3, 0.4) is 0 Å². The fourth-order valence-corrected chi connectivity index (χ4v) is 3.38. The maximum absolute atomic E-state index is 14.7. The van der Waals surface area contributed by atoms with Crippen molar-refractivity contribution in [2.75, 3.05) is 13.1 Å². The maximum Gasteiger partial charge on any atom is 0.252 e. The third-order valence-corrected chi connectivity index (χ3v) is 4.78. The number of nitriles is 1. The second kappa shape index (κ2) is 8.95. The second-order valence-electron chi connectivity index (χ2n) is 7.35. The van der Waals surface area contributed by atoms with Gasteiger partial charge in [0.15, 0.2) is 6.17 Å². The molecule has 1 aromatic carbocycles. The molecule has 2 heterocycles. The van der Waals surface area contributed by atoms with Gasteiger partial charge in [-0.2, -0.15) is 5.26 Å². The molecule has 30 heavy (non-hydrogen) atoms. The van der Waals surface area contributed by atoms with E-state index in [1.165, 1.54) is 11.1 Å². The molecule has 8 nitrogen and oxygen atoms in total. The van der Waals surface area contributed by atoms with Crippen LogP contribution in [0.5, 0.6) is 11.6 Å². The van der Waals surface area contributed by atoms with Crippen LogP contribution in [0.2, 0.25) is 0 Å². The first-order chi connectivity index (χ1) is 14.3. The molecule has 0 radical (unpaired) electrons. The molecule has 2 N–H and O–H groups in total. The summed E-state index contributed by atoms with van der Waals surface area (Å²) in [5, 5.41) is 9.87. The van der Waals surface area contributed by atoms with Gasteiger partial charge in [0.1, 0.15) is 18.3 Å². The highest BCUT2D eigenvalue weighted by Crippen LogP contribution is 2.33. The van der Waals surface area contributed by atoms with E-state index >= 15 is 0 Å². The Morgan fingerprint density at radius 3 is 2.83 bits per heavy atom. The summed E-state index contributed by atoms with van der Waals surface area (Å²) in [5.74, 6) is -0.500. The number of hydrogen-bond acceptors (Lipinski definition) is 6. The van der Waals surface area contributed by atoms with Crippen molar-refractivity contribution in [2.45, 2.75) is 45.1 Å². The summed E-state index contributed by atoms with van der Waals surface area (Å²) in [6, 6.07) is 6.70. The number of amides is 2. The van der Waals surface area contributed by atoms with Gasteiger partial charge in [-0.25, -0.2) is 9.37 Å². The molecule has 1 aliphatic heterocycles. The van der Waals surface area contributed by atoms with E-state index in [0.717, 1.165) is 0 Å². The Labute approximate surface area is 173 Å². The smallest absolute Gasteiger partial charge is 0.252 e.